The van der Waals surface area contributed by atoms with Crippen LogP contribution in [0.2, 0.25) is 0 Å². The van der Waals surface area contributed by atoms with Crippen LogP contribution in [0.5, 0.6) is 0 Å². The summed E-state index contributed by atoms with van der Waals surface area (Å²) in [6.07, 6.45) is -0.157. The summed E-state index contributed by atoms with van der Waals surface area (Å²) in [4.78, 5) is 35.9. The number of hydrogen-bond acceptors (Lipinski definition) is 6. The number of ether oxygens (including phenoxy) is 1. The Hall–Kier alpha value is -2.74. The number of carbonyl (C=O) groups is 2. The van der Waals surface area contributed by atoms with Gasteiger partial charge in [0, 0.05) is 16.5 Å². The number of hydrogen-bond donors (Lipinski definition) is 1. The van der Waals surface area contributed by atoms with Gasteiger partial charge in [-0.2, -0.15) is 0 Å². The fourth-order valence-corrected chi connectivity index (χ4v) is 3.41. The van der Waals surface area contributed by atoms with Crippen molar-refractivity contribution in [1.29, 1.82) is 0 Å². The first kappa shape index (κ1) is 18.6. The molecule has 0 fully saturated rings. The van der Waals surface area contributed by atoms with Gasteiger partial charge in [-0.05, 0) is 26.3 Å². The number of thiophene rings is 1. The summed E-state index contributed by atoms with van der Waals surface area (Å²) in [5, 5.41) is 14.1. The molecule has 1 aromatic heterocycles. The number of nitrogens with one attached hydrogen (secondary N) is 1. The number of para-hydroxylation sites is 1. The molecule has 2 aromatic rings. The van der Waals surface area contributed by atoms with Gasteiger partial charge in [0.25, 0.3) is 5.69 Å². The highest BCUT2D eigenvalue weighted by Gasteiger charge is 2.23. The molecule has 0 saturated heterocycles. The topological polar surface area (TPSA) is 98.5 Å². The minimum Gasteiger partial charge on any atom is -0.462 e. The van der Waals surface area contributed by atoms with Crippen molar-refractivity contribution >= 4 is 33.9 Å². The largest absolute Gasteiger partial charge is 0.462 e. The first-order valence-electron chi connectivity index (χ1n) is 7.64. The minimum absolute atomic E-state index is 0.109. The second kappa shape index (κ2) is 7.89. The van der Waals surface area contributed by atoms with E-state index < -0.39 is 16.8 Å². The zero-order chi connectivity index (χ0) is 18.6. The molecule has 8 heteroatoms. The maximum Gasteiger partial charge on any atom is 0.341 e. The van der Waals surface area contributed by atoms with Crippen LogP contribution in [-0.2, 0) is 16.0 Å². The monoisotopic (exact) mass is 362 g/mol. The Bertz CT molecular complexity index is 828. The molecule has 0 aliphatic heterocycles. The molecule has 132 valence electrons. The Morgan fingerprint density at radius 3 is 2.60 bits per heavy atom. The molecular formula is C17H18N2O5S. The molecule has 0 aliphatic carbocycles. The molecule has 0 radical (unpaired) electrons. The second-order valence-electron chi connectivity index (χ2n) is 5.32. The van der Waals surface area contributed by atoms with E-state index in [4.69, 9.17) is 4.74 Å². The van der Waals surface area contributed by atoms with Gasteiger partial charge in [-0.1, -0.05) is 18.2 Å². The molecule has 1 heterocycles. The smallest absolute Gasteiger partial charge is 0.341 e. The van der Waals surface area contributed by atoms with E-state index in [-0.39, 0.29) is 18.7 Å². The maximum absolute atomic E-state index is 12.3. The second-order valence-corrected chi connectivity index (χ2v) is 6.54. The highest BCUT2D eigenvalue weighted by molar-refractivity contribution is 7.16. The van der Waals surface area contributed by atoms with Crippen LogP contribution < -0.4 is 5.32 Å². The Morgan fingerprint density at radius 2 is 1.96 bits per heavy atom. The summed E-state index contributed by atoms with van der Waals surface area (Å²) in [6, 6.07) is 6.07. The lowest BCUT2D eigenvalue weighted by Crippen LogP contribution is -2.17. The maximum atomic E-state index is 12.3. The van der Waals surface area contributed by atoms with Crippen molar-refractivity contribution < 1.29 is 19.2 Å². The number of esters is 1. The van der Waals surface area contributed by atoms with Gasteiger partial charge in [0.05, 0.1) is 23.5 Å². The summed E-state index contributed by atoms with van der Waals surface area (Å²) in [5.41, 5.74) is 1.29. The lowest BCUT2D eigenvalue weighted by atomic mass is 10.1. The van der Waals surface area contributed by atoms with Crippen LogP contribution in [0.15, 0.2) is 24.3 Å². The van der Waals surface area contributed by atoms with E-state index in [1.54, 1.807) is 26.0 Å². The predicted octanol–water partition coefficient (Wildman–Crippen LogP) is 3.63. The van der Waals surface area contributed by atoms with Crippen molar-refractivity contribution in [2.24, 2.45) is 0 Å². The molecule has 7 nitrogen and oxygen atoms in total. The molecular weight excluding hydrogens is 344 g/mol. The standard InChI is InChI=1S/C17H18N2O5S/c1-4-24-17(21)15-10(2)11(3)25-16(15)18-14(20)9-12-7-5-6-8-13(12)19(22)23/h5-8H,4,9H2,1-3H3,(H,18,20). The molecule has 1 N–H and O–H groups in total. The first-order valence-corrected chi connectivity index (χ1v) is 8.46. The van der Waals surface area contributed by atoms with E-state index in [2.05, 4.69) is 5.32 Å². The summed E-state index contributed by atoms with van der Waals surface area (Å²) < 4.78 is 5.04. The Kier molecular flexibility index (Phi) is 5.87. The number of benzene rings is 1. The normalized spacial score (nSPS) is 10.4. The van der Waals surface area contributed by atoms with Gasteiger partial charge < -0.3 is 10.1 Å². The number of nitro groups is 1. The fraction of sp³-hybridized carbons (Fsp3) is 0.294. The molecule has 0 saturated carbocycles. The van der Waals surface area contributed by atoms with Gasteiger partial charge in [-0.3, -0.25) is 14.9 Å². The van der Waals surface area contributed by atoms with Crippen molar-refractivity contribution in [2.45, 2.75) is 27.2 Å². The highest BCUT2D eigenvalue weighted by atomic mass is 32.1. The van der Waals surface area contributed by atoms with Crippen LogP contribution in [0.25, 0.3) is 0 Å². The third kappa shape index (κ3) is 4.21. The Morgan fingerprint density at radius 1 is 1.28 bits per heavy atom. The van der Waals surface area contributed by atoms with E-state index in [0.29, 0.717) is 16.1 Å². The van der Waals surface area contributed by atoms with Crippen molar-refractivity contribution in [2.75, 3.05) is 11.9 Å². The van der Waals surface area contributed by atoms with Crippen LogP contribution in [0.1, 0.15) is 33.3 Å². The predicted molar refractivity (Wildman–Crippen MR) is 95.2 cm³/mol. The summed E-state index contributed by atoms with van der Waals surface area (Å²) in [5.74, 6) is -0.925. The molecule has 0 atom stereocenters. The van der Waals surface area contributed by atoms with Crippen molar-refractivity contribution in [3.63, 3.8) is 0 Å². The van der Waals surface area contributed by atoms with E-state index in [1.165, 1.54) is 23.5 Å². The molecule has 0 bridgehead atoms. The summed E-state index contributed by atoms with van der Waals surface area (Å²) in [6.45, 7) is 5.58. The molecule has 1 aromatic carbocycles. The number of anilines is 1. The SMILES string of the molecule is CCOC(=O)c1c(NC(=O)Cc2ccccc2[N+](=O)[O-])sc(C)c1C. The number of amides is 1. The van der Waals surface area contributed by atoms with E-state index in [0.717, 1.165) is 10.4 Å². The van der Waals surface area contributed by atoms with Gasteiger partial charge in [0.2, 0.25) is 5.91 Å². The zero-order valence-corrected chi connectivity index (χ0v) is 14.9. The number of carbonyl (C=O) groups excluding carboxylic acids is 2. The van der Waals surface area contributed by atoms with Crippen LogP contribution >= 0.6 is 11.3 Å². The van der Waals surface area contributed by atoms with Gasteiger partial charge in [-0.25, -0.2) is 4.79 Å². The van der Waals surface area contributed by atoms with Gasteiger partial charge >= 0.3 is 5.97 Å². The molecule has 0 aliphatic rings. The van der Waals surface area contributed by atoms with Crippen LogP contribution in [-0.4, -0.2) is 23.4 Å². The average Bonchev–Trinajstić information content (AvgIpc) is 2.82. The lowest BCUT2D eigenvalue weighted by Gasteiger charge is -2.07. The third-order valence-corrected chi connectivity index (χ3v) is 4.78. The first-order chi connectivity index (χ1) is 11.8. The number of aryl methyl sites for hydroxylation is 1. The number of rotatable bonds is 6. The number of nitrogens with zero attached hydrogens (tertiary/aromatic N) is 1. The molecule has 1 amide bonds. The van der Waals surface area contributed by atoms with E-state index in [9.17, 15) is 19.7 Å². The Labute approximate surface area is 148 Å². The van der Waals surface area contributed by atoms with Crippen LogP contribution in [0, 0.1) is 24.0 Å². The fourth-order valence-electron chi connectivity index (χ4n) is 2.35. The molecule has 2 rings (SSSR count). The van der Waals surface area contributed by atoms with E-state index in [1.807, 2.05) is 6.92 Å². The summed E-state index contributed by atoms with van der Waals surface area (Å²) in [7, 11) is 0. The lowest BCUT2D eigenvalue weighted by molar-refractivity contribution is -0.385. The van der Waals surface area contributed by atoms with Crippen molar-refractivity contribution in [3.8, 4) is 0 Å². The van der Waals surface area contributed by atoms with Gasteiger partial charge in [0.1, 0.15) is 5.00 Å². The van der Waals surface area contributed by atoms with Gasteiger partial charge in [-0.15, -0.1) is 11.3 Å². The highest BCUT2D eigenvalue weighted by Crippen LogP contribution is 2.33. The zero-order valence-electron chi connectivity index (χ0n) is 14.1. The minimum atomic E-state index is -0.522. The van der Waals surface area contributed by atoms with Crippen LogP contribution in [0.4, 0.5) is 10.7 Å². The van der Waals surface area contributed by atoms with Crippen LogP contribution in [0.3, 0.4) is 0 Å². The quantitative estimate of drug-likeness (QED) is 0.481. The van der Waals surface area contributed by atoms with Crippen molar-refractivity contribution in [3.05, 3.63) is 55.9 Å². The molecule has 0 unspecified atom stereocenters. The molecule has 0 spiro atoms. The molecule has 25 heavy (non-hydrogen) atoms. The van der Waals surface area contributed by atoms with Crippen molar-refractivity contribution in [1.82, 2.24) is 0 Å². The van der Waals surface area contributed by atoms with E-state index >= 15 is 0 Å². The average molecular weight is 362 g/mol. The number of nitro benzene ring substituents is 1. The Balaban J connectivity index is 2.23. The third-order valence-electron chi connectivity index (χ3n) is 3.66. The summed E-state index contributed by atoms with van der Waals surface area (Å²) >= 11 is 1.28. The van der Waals surface area contributed by atoms with Gasteiger partial charge in [0.15, 0.2) is 0 Å².